The number of rotatable bonds is 8. The Morgan fingerprint density at radius 2 is 1.68 bits per heavy atom. The predicted molar refractivity (Wildman–Crippen MR) is 168 cm³/mol. The Balaban J connectivity index is 1.23. The van der Waals surface area contributed by atoms with E-state index in [4.69, 9.17) is 19.3 Å². The average Bonchev–Trinajstić information content (AvgIpc) is 3.84. The van der Waals surface area contributed by atoms with Crippen molar-refractivity contribution in [2.75, 3.05) is 27.4 Å². The van der Waals surface area contributed by atoms with Crippen molar-refractivity contribution < 1.29 is 28.6 Å². The molecule has 44 heavy (non-hydrogen) atoms. The number of ether oxygens (including phenoxy) is 3. The monoisotopic (exact) mass is 613 g/mol. The highest BCUT2D eigenvalue weighted by Gasteiger charge is 2.44. The van der Waals surface area contributed by atoms with Gasteiger partial charge < -0.3 is 19.1 Å². The van der Waals surface area contributed by atoms with Crippen LogP contribution in [0.25, 0.3) is 6.08 Å². The summed E-state index contributed by atoms with van der Waals surface area (Å²) in [6.07, 6.45) is 6.03. The first-order chi connectivity index (χ1) is 21.5. The van der Waals surface area contributed by atoms with Gasteiger partial charge in [-0.25, -0.2) is 9.80 Å². The minimum atomic E-state index is -0.707. The first-order valence-corrected chi connectivity index (χ1v) is 15.8. The molecule has 2 aromatic carbocycles. The van der Waals surface area contributed by atoms with Crippen LogP contribution in [-0.2, 0) is 14.3 Å². The second-order valence-electron chi connectivity index (χ2n) is 11.1. The van der Waals surface area contributed by atoms with Crippen molar-refractivity contribution in [3.8, 4) is 11.5 Å². The number of esters is 1. The van der Waals surface area contributed by atoms with Crippen LogP contribution in [0.15, 0.2) is 76.7 Å². The first-order valence-electron chi connectivity index (χ1n) is 14.9. The summed E-state index contributed by atoms with van der Waals surface area (Å²) >= 11 is 1.34. The van der Waals surface area contributed by atoms with Crippen molar-refractivity contribution in [2.45, 2.75) is 44.2 Å². The lowest BCUT2D eigenvalue weighted by atomic mass is 9.77. The van der Waals surface area contributed by atoms with Crippen molar-refractivity contribution in [2.24, 2.45) is 11.0 Å². The molecular weight excluding hydrogens is 578 g/mol. The van der Waals surface area contributed by atoms with E-state index in [0.29, 0.717) is 24.3 Å². The third kappa shape index (κ3) is 5.99. The summed E-state index contributed by atoms with van der Waals surface area (Å²) in [4.78, 5) is 42.0. The molecule has 9 nitrogen and oxygen atoms in total. The molecule has 0 N–H and O–H groups in total. The van der Waals surface area contributed by atoms with Crippen molar-refractivity contribution in [3.63, 3.8) is 0 Å². The topological polar surface area (TPSA) is 97.7 Å². The number of carbonyl (C=O) groups excluding carboxylic acids is 3. The maximum Gasteiger partial charge on any atom is 0.329 e. The largest absolute Gasteiger partial charge is 0.497 e. The minimum absolute atomic E-state index is 0.00460. The summed E-state index contributed by atoms with van der Waals surface area (Å²) in [6, 6.07) is 18.0. The zero-order chi connectivity index (χ0) is 30.6. The zero-order valence-electron chi connectivity index (χ0n) is 24.8. The van der Waals surface area contributed by atoms with Crippen LogP contribution in [0, 0.1) is 5.92 Å². The smallest absolute Gasteiger partial charge is 0.329 e. The number of benzene rings is 2. The zero-order valence-corrected chi connectivity index (χ0v) is 25.6. The number of hydrazone groups is 1. The molecule has 2 amide bonds. The molecule has 1 aliphatic carbocycles. The predicted octanol–water partition coefficient (Wildman–Crippen LogP) is 5.74. The third-order valence-corrected chi connectivity index (χ3v) is 9.38. The van der Waals surface area contributed by atoms with Gasteiger partial charge in [-0.3, -0.25) is 9.59 Å². The number of carbonyl (C=O) groups is 3. The fourth-order valence-corrected chi connectivity index (χ4v) is 7.01. The van der Waals surface area contributed by atoms with Crippen LogP contribution in [0.5, 0.6) is 11.5 Å². The summed E-state index contributed by atoms with van der Waals surface area (Å²) in [6.45, 7) is 0.0266. The van der Waals surface area contributed by atoms with Gasteiger partial charge in [0.15, 0.2) is 6.61 Å². The van der Waals surface area contributed by atoms with Crippen molar-refractivity contribution >= 4 is 40.9 Å². The SMILES string of the molecule is COc1ccc(C=C2CCCC3C2=NN(C(=O)COC(=O)C2CCCN2C(=O)c2cccs2)C3c2ccc(OC)cc2)cc1. The molecule has 228 valence electrons. The second kappa shape index (κ2) is 13.1. The standard InChI is InChI=1S/C34H35N3O6S/c1-41-25-14-10-22(11-15-25)20-24-6-3-7-27-31(24)35-37(32(27)23-12-16-26(42-2)17-13-23)30(38)21-43-34(40)28-8-4-18-36(28)33(39)29-9-5-19-44-29/h5,9-17,19-20,27-28,32H,3-4,6-8,18,21H2,1-2H3. The second-order valence-corrected chi connectivity index (χ2v) is 12.1. The molecule has 2 aliphatic heterocycles. The summed E-state index contributed by atoms with van der Waals surface area (Å²) in [5, 5.41) is 8.22. The van der Waals surface area contributed by atoms with E-state index in [1.165, 1.54) is 16.3 Å². The van der Waals surface area contributed by atoms with Gasteiger partial charge in [0.1, 0.15) is 17.5 Å². The molecule has 1 saturated carbocycles. The normalized spacial score (nSPS) is 22.0. The van der Waals surface area contributed by atoms with Gasteiger partial charge in [-0.05, 0) is 90.6 Å². The summed E-state index contributed by atoms with van der Waals surface area (Å²) < 4.78 is 16.2. The average molecular weight is 614 g/mol. The van der Waals surface area contributed by atoms with Gasteiger partial charge >= 0.3 is 5.97 Å². The number of fused-ring (bicyclic) bond motifs is 1. The number of nitrogens with zero attached hydrogens (tertiary/aromatic N) is 3. The molecule has 1 aromatic heterocycles. The molecular formula is C34H35N3O6S. The Morgan fingerprint density at radius 3 is 2.36 bits per heavy atom. The van der Waals surface area contributed by atoms with E-state index in [1.54, 1.807) is 25.2 Å². The maximum atomic E-state index is 13.8. The molecule has 10 heteroatoms. The van der Waals surface area contributed by atoms with Crippen LogP contribution in [0.3, 0.4) is 0 Å². The molecule has 0 bridgehead atoms. The van der Waals surface area contributed by atoms with E-state index < -0.39 is 24.5 Å². The van der Waals surface area contributed by atoms with Crippen molar-refractivity contribution in [1.29, 1.82) is 0 Å². The number of amides is 2. The number of allylic oxidation sites excluding steroid dienone is 1. The van der Waals surface area contributed by atoms with Crippen LogP contribution in [0.4, 0.5) is 0 Å². The van der Waals surface area contributed by atoms with Crippen LogP contribution < -0.4 is 9.47 Å². The Morgan fingerprint density at radius 1 is 0.955 bits per heavy atom. The quantitative estimate of drug-likeness (QED) is 0.301. The Hall–Kier alpha value is -4.44. The molecule has 0 spiro atoms. The third-order valence-electron chi connectivity index (χ3n) is 8.53. The molecule has 3 atom stereocenters. The fourth-order valence-electron chi connectivity index (χ4n) is 6.33. The van der Waals surface area contributed by atoms with Gasteiger partial charge in [0.05, 0.1) is 30.9 Å². The molecule has 3 aliphatic rings. The van der Waals surface area contributed by atoms with Gasteiger partial charge in [0, 0.05) is 12.5 Å². The number of likely N-dealkylation sites (tertiary alicyclic amines) is 1. The van der Waals surface area contributed by atoms with Gasteiger partial charge in [0.25, 0.3) is 11.8 Å². The number of methoxy groups -OCH3 is 2. The van der Waals surface area contributed by atoms with Crippen molar-refractivity contribution in [1.82, 2.24) is 9.91 Å². The fraction of sp³-hybridized carbons (Fsp3) is 0.353. The van der Waals surface area contributed by atoms with E-state index >= 15 is 0 Å². The Labute approximate surface area is 260 Å². The number of hydrogen-bond donors (Lipinski definition) is 0. The molecule has 2 fully saturated rings. The Bertz CT molecular complexity index is 1570. The summed E-state index contributed by atoms with van der Waals surface area (Å²) in [5.41, 5.74) is 3.94. The molecule has 0 radical (unpaired) electrons. The first kappa shape index (κ1) is 29.6. The lowest BCUT2D eigenvalue weighted by Gasteiger charge is -2.30. The highest BCUT2D eigenvalue weighted by atomic mass is 32.1. The van der Waals surface area contributed by atoms with Crippen LogP contribution >= 0.6 is 11.3 Å². The lowest BCUT2D eigenvalue weighted by molar-refractivity contribution is -0.156. The highest BCUT2D eigenvalue weighted by Crippen LogP contribution is 2.44. The molecule has 3 heterocycles. The lowest BCUT2D eigenvalue weighted by Crippen LogP contribution is -2.42. The molecule has 3 aromatic rings. The van der Waals surface area contributed by atoms with Gasteiger partial charge in [0.2, 0.25) is 0 Å². The van der Waals surface area contributed by atoms with Gasteiger partial charge in [-0.2, -0.15) is 5.10 Å². The van der Waals surface area contributed by atoms with Gasteiger partial charge in [-0.15, -0.1) is 11.3 Å². The van der Waals surface area contributed by atoms with Crippen LogP contribution in [-0.4, -0.2) is 66.8 Å². The highest BCUT2D eigenvalue weighted by molar-refractivity contribution is 7.12. The molecule has 3 unspecified atom stereocenters. The van der Waals surface area contributed by atoms with E-state index in [2.05, 4.69) is 6.08 Å². The van der Waals surface area contributed by atoms with Crippen LogP contribution in [0.2, 0.25) is 0 Å². The van der Waals surface area contributed by atoms with Crippen LogP contribution in [0.1, 0.15) is 58.9 Å². The number of thiophene rings is 1. The number of hydrogen-bond acceptors (Lipinski definition) is 8. The minimum Gasteiger partial charge on any atom is -0.497 e. The molecule has 1 saturated heterocycles. The van der Waals surface area contributed by atoms with E-state index in [0.717, 1.165) is 53.2 Å². The van der Waals surface area contributed by atoms with E-state index in [-0.39, 0.29) is 17.9 Å². The Kier molecular flexibility index (Phi) is 8.79. The maximum absolute atomic E-state index is 13.8. The van der Waals surface area contributed by atoms with Crippen molar-refractivity contribution in [3.05, 3.63) is 87.6 Å². The summed E-state index contributed by atoms with van der Waals surface area (Å²) in [7, 11) is 3.26. The van der Waals surface area contributed by atoms with E-state index in [1.807, 2.05) is 60.0 Å². The van der Waals surface area contributed by atoms with Gasteiger partial charge in [-0.1, -0.05) is 30.3 Å². The molecule has 6 rings (SSSR count). The summed E-state index contributed by atoms with van der Waals surface area (Å²) in [5.74, 6) is 0.354. The van der Waals surface area contributed by atoms with E-state index in [9.17, 15) is 14.4 Å².